The lowest BCUT2D eigenvalue weighted by molar-refractivity contribution is -0.138. The van der Waals surface area contributed by atoms with E-state index in [1.165, 1.54) is 73.5 Å². The zero-order chi connectivity index (χ0) is 97.3. The summed E-state index contributed by atoms with van der Waals surface area (Å²) in [7, 11) is 0. The first kappa shape index (κ1) is 98.9. The number of piperidine rings is 3. The van der Waals surface area contributed by atoms with Gasteiger partial charge in [-0.1, -0.05) is 99.1 Å². The van der Waals surface area contributed by atoms with Gasteiger partial charge in [0, 0.05) is 174 Å². The molecular weight excluding hydrogens is 1850 g/mol. The number of hydrogen-bond donors (Lipinski definition) is 7. The van der Waals surface area contributed by atoms with Crippen molar-refractivity contribution in [2.24, 2.45) is 5.11 Å². The molecule has 0 bridgehead atoms. The summed E-state index contributed by atoms with van der Waals surface area (Å²) in [5, 5.41) is 38.6. The van der Waals surface area contributed by atoms with Crippen LogP contribution in [0.25, 0.3) is 44.2 Å². The van der Waals surface area contributed by atoms with Crippen LogP contribution >= 0.6 is 15.9 Å². The maximum absolute atomic E-state index is 13.6. The number of alkyl halides is 10. The molecule has 25 nitrogen and oxygen atoms in total. The number of anilines is 6. The van der Waals surface area contributed by atoms with Gasteiger partial charge in [-0.05, 0) is 260 Å². The maximum Gasteiger partial charge on any atom is 0.416 e. The van der Waals surface area contributed by atoms with Crippen molar-refractivity contribution < 1.29 is 73.4 Å². The Balaban J connectivity index is 0.000000166. The van der Waals surface area contributed by atoms with Crippen molar-refractivity contribution in [3.8, 4) is 33.8 Å². The molecule has 3 aliphatic rings. The van der Waals surface area contributed by atoms with Gasteiger partial charge in [-0.15, -0.1) is 5.10 Å². The second-order valence-corrected chi connectivity index (χ2v) is 33.7. The Kier molecular flexibility index (Phi) is 33.3. The minimum Gasteiger partial charge on any atom is -0.396 e. The molecule has 6 amide bonds. The molecule has 3 saturated heterocycles. The number of carbonyl (C=O) groups is 6. The third kappa shape index (κ3) is 27.2. The van der Waals surface area contributed by atoms with E-state index in [-0.39, 0.29) is 61.6 Å². The van der Waals surface area contributed by atoms with Crippen molar-refractivity contribution in [1.82, 2.24) is 45.9 Å². The zero-order valence-electron chi connectivity index (χ0n) is 74.6. The average Bonchev–Trinajstić information content (AvgIpc) is 0.845. The molecule has 9 aromatic carbocycles. The van der Waals surface area contributed by atoms with Crippen molar-refractivity contribution in [3.05, 3.63) is 361 Å². The summed E-state index contributed by atoms with van der Waals surface area (Å²) >= 11 is 3.43. The molecule has 0 radical (unpaired) electrons. The Morgan fingerprint density at radius 3 is 1.06 bits per heavy atom. The van der Waals surface area contributed by atoms with Gasteiger partial charge in [0.2, 0.25) is 0 Å². The molecule has 4 aromatic heterocycles. The summed E-state index contributed by atoms with van der Waals surface area (Å²) in [4.78, 5) is 103. The van der Waals surface area contributed by atoms with E-state index in [4.69, 9.17) is 10.6 Å². The van der Waals surface area contributed by atoms with Gasteiger partial charge >= 0.3 is 18.5 Å². The van der Waals surface area contributed by atoms with Crippen LogP contribution in [0.1, 0.15) is 176 Å². The second-order valence-electron chi connectivity index (χ2n) is 33.1. The highest BCUT2D eigenvalue weighted by molar-refractivity contribution is 9.08. The number of amides is 6. The Bertz CT molecular complexity index is 6570. The van der Waals surface area contributed by atoms with E-state index in [2.05, 4.69) is 97.8 Å². The maximum atomic E-state index is 13.6. The van der Waals surface area contributed by atoms with Gasteiger partial charge in [0.25, 0.3) is 35.4 Å². The van der Waals surface area contributed by atoms with Gasteiger partial charge in [0.1, 0.15) is 0 Å². The molecule has 0 saturated carbocycles. The van der Waals surface area contributed by atoms with E-state index >= 15 is 0 Å². The van der Waals surface area contributed by atoms with E-state index < -0.39 is 52.9 Å². The van der Waals surface area contributed by atoms with Crippen LogP contribution in [-0.4, -0.2) is 116 Å². The summed E-state index contributed by atoms with van der Waals surface area (Å²) in [6.07, 6.45) is 3.19. The molecule has 710 valence electrons. The zero-order valence-corrected chi connectivity index (χ0v) is 76.2. The highest BCUT2D eigenvalue weighted by atomic mass is 79.9. The summed E-state index contributed by atoms with van der Waals surface area (Å²) in [6.45, 7) is 5.67. The van der Waals surface area contributed by atoms with Crippen molar-refractivity contribution in [2.75, 3.05) is 76.5 Å². The van der Waals surface area contributed by atoms with Gasteiger partial charge in [-0.3, -0.25) is 43.7 Å². The molecule has 0 atom stereocenters. The number of nitrogens with zero attached hydrogens (tertiary/aromatic N) is 12. The minimum atomic E-state index is -4.48. The van der Waals surface area contributed by atoms with Crippen LogP contribution in [0.5, 0.6) is 0 Å². The van der Waals surface area contributed by atoms with Gasteiger partial charge in [-0.25, -0.2) is 4.68 Å². The fourth-order valence-corrected chi connectivity index (χ4v) is 16.5. The van der Waals surface area contributed by atoms with E-state index in [1.807, 2.05) is 78.9 Å². The number of carbonyl (C=O) groups excluding carboxylic acids is 6. The standard InChI is InChI=1S/C37H36F3N7O3.C33H30BrF3N4O2.C33H30F3N7O2/c38-37(39,40)29-9-5-6-25(19-29)22-42-35(49)28-12-14-41-34(20-28)32-21-31(46-15-2-1-3-16-46)10-11-33(32)43-36(50)27-8-4-7-26(18-27)23-47-24-30(13-17-48)44-45-47;34-20-22-6-4-8-24(16-22)32(43)40-29-11-10-27(41-14-2-1-3-15-41)19-28(29)30-18-25(12-13-38-30)31(42)39-21-23-7-5-9-26(17-23)33(35,36)37;34-33(35,36)26-9-5-7-23(17-26)20-39-31(44)25-12-13-38-30(18-25)28-19-27(43-14-2-1-3-15-43)10-11-29(28)41-32(45)24-8-4-6-22(16-24)21-40-42-37/h4-12,14,18-21,24,48H,1-3,13,15-17,22-23H2,(H,42,49)(H,43,50);4-13,16-19H,1-3,14-15,20-21H2,(H,39,42)(H,40,43);4-13,16-19H,1-3,14-15,20-21H2,(H,39,44)(H,41,45). The van der Waals surface area contributed by atoms with Gasteiger partial charge in [0.05, 0.1) is 69.6 Å². The lowest BCUT2D eigenvalue weighted by atomic mass is 10.0. The van der Waals surface area contributed by atoms with Crippen LogP contribution in [0, 0.1) is 0 Å². The number of rotatable bonds is 28. The number of pyridine rings is 3. The predicted molar refractivity (Wildman–Crippen MR) is 514 cm³/mol. The number of halogens is 10. The molecule has 35 heteroatoms. The van der Waals surface area contributed by atoms with Crippen LogP contribution in [-0.2, 0) is 63.0 Å². The Morgan fingerprint density at radius 1 is 0.384 bits per heavy atom. The Hall–Kier alpha value is -15.1. The summed E-state index contributed by atoms with van der Waals surface area (Å²) in [5.41, 5.74) is 20.3. The van der Waals surface area contributed by atoms with E-state index in [0.29, 0.717) is 119 Å². The Labute approximate surface area is 797 Å². The molecule has 13 aromatic rings. The quantitative estimate of drug-likeness (QED) is 0.00788. The highest BCUT2D eigenvalue weighted by Gasteiger charge is 2.34. The van der Waals surface area contributed by atoms with Crippen LogP contribution in [0.2, 0.25) is 0 Å². The van der Waals surface area contributed by atoms with Crippen LogP contribution in [0.3, 0.4) is 0 Å². The lowest BCUT2D eigenvalue weighted by Gasteiger charge is -2.29. The number of aromatic nitrogens is 6. The fourth-order valence-electron chi connectivity index (χ4n) is 16.1. The molecule has 0 aliphatic carbocycles. The van der Waals surface area contributed by atoms with E-state index in [1.54, 1.807) is 83.7 Å². The van der Waals surface area contributed by atoms with Crippen LogP contribution in [0.15, 0.2) is 266 Å². The number of aliphatic hydroxyl groups is 1. The topological polar surface area (TPSA) is 323 Å². The second kappa shape index (κ2) is 46.4. The largest absolute Gasteiger partial charge is 0.416 e. The molecule has 138 heavy (non-hydrogen) atoms. The Morgan fingerprint density at radius 2 is 0.710 bits per heavy atom. The molecule has 0 spiro atoms. The van der Waals surface area contributed by atoms with Gasteiger partial charge < -0.3 is 51.7 Å². The summed E-state index contributed by atoms with van der Waals surface area (Å²) in [6, 6.07) is 62.4. The highest BCUT2D eigenvalue weighted by Crippen LogP contribution is 2.40. The molecule has 3 fully saturated rings. The van der Waals surface area contributed by atoms with E-state index in [0.717, 1.165) is 155 Å². The lowest BCUT2D eigenvalue weighted by Crippen LogP contribution is -2.29. The van der Waals surface area contributed by atoms with Gasteiger partial charge in [-0.2, -0.15) is 39.5 Å². The number of aliphatic hydroxyl groups excluding tert-OH is 1. The summed E-state index contributed by atoms with van der Waals surface area (Å²) in [5.74, 6) is -2.40. The molecule has 3 aliphatic heterocycles. The SMILES string of the molecule is O=C(NCc1cccc(C(F)(F)F)c1)c1ccnc(-c2cc(N3CCCCC3)ccc2NC(=O)c2cccc(CBr)c2)c1.O=C(NCc1cccc(C(F)(F)F)c1)c1ccnc(-c2cc(N3CCCCC3)ccc2NC(=O)c2cccc(Cn3cc(CCO)nn3)c2)c1.[N-]=[N+]=NCc1cccc(C(=O)Nc2ccc(N3CCCCC3)cc2-c2cc(C(=O)NCc3cccc(C(F)(F)F)c3)ccn2)c1. The molecule has 0 unspecified atom stereocenters. The number of nitrogens with one attached hydrogen (secondary N) is 6. The molecule has 16 rings (SSSR count). The predicted octanol–water partition coefficient (Wildman–Crippen LogP) is 21.7. The average molecular weight is 1950 g/mol. The van der Waals surface area contributed by atoms with E-state index in [9.17, 15) is 68.3 Å². The van der Waals surface area contributed by atoms with Crippen LogP contribution < -0.4 is 46.6 Å². The molecular formula is C103H96BrF9N18O7. The fraction of sp³-hybridized carbons (Fsp3) is 0.252. The van der Waals surface area contributed by atoms with Crippen molar-refractivity contribution in [1.29, 1.82) is 0 Å². The third-order valence-corrected chi connectivity index (χ3v) is 23.9. The number of hydrogen-bond acceptors (Lipinski definition) is 16. The first-order valence-electron chi connectivity index (χ1n) is 44.8. The third-order valence-electron chi connectivity index (χ3n) is 23.3. The van der Waals surface area contributed by atoms with Crippen LogP contribution in [0.4, 0.5) is 73.6 Å². The first-order valence-corrected chi connectivity index (χ1v) is 45.9. The monoisotopic (exact) mass is 1950 g/mol. The summed E-state index contributed by atoms with van der Waals surface area (Å²) < 4.78 is 120. The van der Waals surface area contributed by atoms with Crippen molar-refractivity contribution in [3.63, 3.8) is 0 Å². The number of benzene rings is 9. The minimum absolute atomic E-state index is 0.0222. The molecule has 7 N–H and O–H groups in total. The van der Waals surface area contributed by atoms with Gasteiger partial charge in [0.15, 0.2) is 0 Å². The normalized spacial score (nSPS) is 13.3. The number of azide groups is 1. The van der Waals surface area contributed by atoms with Crippen molar-refractivity contribution in [2.45, 2.75) is 121 Å². The smallest absolute Gasteiger partial charge is 0.396 e. The molecule has 7 heterocycles. The first-order chi connectivity index (χ1) is 66.6. The van der Waals surface area contributed by atoms with Crippen molar-refractivity contribution >= 4 is 85.5 Å².